The number of carbonyl (C=O) groups excluding carboxylic acids is 1. The first-order valence-electron chi connectivity index (χ1n) is 12.5. The molecule has 1 amide bonds. The number of amides is 1. The van der Waals surface area contributed by atoms with E-state index in [9.17, 15) is 4.79 Å². The summed E-state index contributed by atoms with van der Waals surface area (Å²) in [5.41, 5.74) is 9.63. The van der Waals surface area contributed by atoms with Crippen molar-refractivity contribution in [2.45, 2.75) is 51.7 Å². The molecule has 0 radical (unpaired) electrons. The Labute approximate surface area is 201 Å². The molecule has 0 spiro atoms. The molecule has 3 unspecified atom stereocenters. The summed E-state index contributed by atoms with van der Waals surface area (Å²) in [7, 11) is 0. The van der Waals surface area contributed by atoms with Gasteiger partial charge in [-0.05, 0) is 61.9 Å². The molecule has 6 rings (SSSR count). The van der Waals surface area contributed by atoms with Gasteiger partial charge in [0.1, 0.15) is 0 Å². The SMILES string of the molecule is Cc1cccc(C2Nc3ccc(CC(=O)N4CCCc5cc(C)ccc54)cc3C3OCCC23)c1. The van der Waals surface area contributed by atoms with E-state index in [0.29, 0.717) is 12.3 Å². The molecule has 1 saturated heterocycles. The number of carbonyl (C=O) groups is 1. The van der Waals surface area contributed by atoms with E-state index in [1.54, 1.807) is 0 Å². The Morgan fingerprint density at radius 3 is 2.82 bits per heavy atom. The smallest absolute Gasteiger partial charge is 0.231 e. The maximum absolute atomic E-state index is 13.4. The zero-order chi connectivity index (χ0) is 23.2. The van der Waals surface area contributed by atoms with Crippen LogP contribution in [0.3, 0.4) is 0 Å². The van der Waals surface area contributed by atoms with Gasteiger partial charge in [0.05, 0.1) is 18.6 Å². The fourth-order valence-corrected chi connectivity index (χ4v) is 6.08. The summed E-state index contributed by atoms with van der Waals surface area (Å²) in [6, 6.07) is 21.9. The van der Waals surface area contributed by atoms with Crippen molar-refractivity contribution in [2.75, 3.05) is 23.4 Å². The highest BCUT2D eigenvalue weighted by molar-refractivity contribution is 5.96. The van der Waals surface area contributed by atoms with E-state index in [4.69, 9.17) is 4.74 Å². The maximum atomic E-state index is 13.4. The lowest BCUT2D eigenvalue weighted by molar-refractivity contribution is -0.118. The van der Waals surface area contributed by atoms with Crippen LogP contribution in [0.15, 0.2) is 60.7 Å². The molecule has 3 aromatic carbocycles. The number of rotatable bonds is 3. The van der Waals surface area contributed by atoms with Gasteiger partial charge in [-0.3, -0.25) is 4.79 Å². The van der Waals surface area contributed by atoms with E-state index in [-0.39, 0.29) is 18.1 Å². The van der Waals surface area contributed by atoms with Crippen LogP contribution in [0, 0.1) is 19.8 Å². The van der Waals surface area contributed by atoms with E-state index in [2.05, 4.69) is 79.8 Å². The van der Waals surface area contributed by atoms with Crippen LogP contribution in [0.25, 0.3) is 0 Å². The molecule has 4 heteroatoms. The average Bonchev–Trinajstić information content (AvgIpc) is 3.33. The third kappa shape index (κ3) is 3.80. The number of hydrogen-bond acceptors (Lipinski definition) is 3. The molecule has 0 saturated carbocycles. The summed E-state index contributed by atoms with van der Waals surface area (Å²) in [5.74, 6) is 0.576. The van der Waals surface area contributed by atoms with Gasteiger partial charge in [0, 0.05) is 36.0 Å². The van der Waals surface area contributed by atoms with Gasteiger partial charge in [-0.2, -0.15) is 0 Å². The summed E-state index contributed by atoms with van der Waals surface area (Å²) >= 11 is 0. The molecule has 0 aliphatic carbocycles. The Kier molecular flexibility index (Phi) is 5.41. The number of ether oxygens (including phenoxy) is 1. The molecule has 1 fully saturated rings. The van der Waals surface area contributed by atoms with Crippen LogP contribution in [0.2, 0.25) is 0 Å². The van der Waals surface area contributed by atoms with E-state index in [1.165, 1.54) is 27.8 Å². The summed E-state index contributed by atoms with van der Waals surface area (Å²) in [6.07, 6.45) is 3.61. The van der Waals surface area contributed by atoms with Gasteiger partial charge >= 0.3 is 0 Å². The second kappa shape index (κ2) is 8.59. The van der Waals surface area contributed by atoms with Crippen LogP contribution in [-0.2, 0) is 22.4 Å². The molecule has 4 nitrogen and oxygen atoms in total. The Morgan fingerprint density at radius 1 is 1.06 bits per heavy atom. The number of nitrogens with one attached hydrogen (secondary N) is 1. The van der Waals surface area contributed by atoms with Crippen molar-refractivity contribution >= 4 is 17.3 Å². The summed E-state index contributed by atoms with van der Waals surface area (Å²) < 4.78 is 6.26. The predicted octanol–water partition coefficient (Wildman–Crippen LogP) is 6.07. The fraction of sp³-hybridized carbons (Fsp3) is 0.367. The van der Waals surface area contributed by atoms with Crippen molar-refractivity contribution in [1.82, 2.24) is 0 Å². The lowest BCUT2D eigenvalue weighted by atomic mass is 9.80. The molecule has 3 aliphatic rings. The largest absolute Gasteiger partial charge is 0.378 e. The predicted molar refractivity (Wildman–Crippen MR) is 136 cm³/mol. The molecule has 3 aromatic rings. The number of hydrogen-bond donors (Lipinski definition) is 1. The van der Waals surface area contributed by atoms with Crippen molar-refractivity contribution in [3.8, 4) is 0 Å². The van der Waals surface area contributed by atoms with Gasteiger partial charge in [-0.1, -0.05) is 59.7 Å². The number of benzene rings is 3. The van der Waals surface area contributed by atoms with Crippen LogP contribution in [-0.4, -0.2) is 19.1 Å². The normalized spacial score (nSPS) is 23.0. The van der Waals surface area contributed by atoms with E-state index < -0.39 is 0 Å². The lowest BCUT2D eigenvalue weighted by Crippen LogP contribution is -2.36. The van der Waals surface area contributed by atoms with Gasteiger partial charge in [0.2, 0.25) is 5.91 Å². The first kappa shape index (κ1) is 21.4. The van der Waals surface area contributed by atoms with Crippen molar-refractivity contribution < 1.29 is 9.53 Å². The minimum atomic E-state index is 0.0792. The first-order chi connectivity index (χ1) is 16.6. The van der Waals surface area contributed by atoms with E-state index >= 15 is 0 Å². The Hall–Kier alpha value is -3.11. The van der Waals surface area contributed by atoms with Crippen LogP contribution in [0.1, 0.15) is 58.4 Å². The van der Waals surface area contributed by atoms with Crippen LogP contribution < -0.4 is 10.2 Å². The number of nitrogens with zero attached hydrogens (tertiary/aromatic N) is 1. The lowest BCUT2D eigenvalue weighted by Gasteiger charge is -2.37. The molecule has 0 bridgehead atoms. The topological polar surface area (TPSA) is 41.6 Å². The van der Waals surface area contributed by atoms with Crippen LogP contribution in [0.5, 0.6) is 0 Å². The molecule has 3 aliphatic heterocycles. The minimum Gasteiger partial charge on any atom is -0.378 e. The number of aryl methyl sites for hydroxylation is 3. The number of fused-ring (bicyclic) bond motifs is 4. The van der Waals surface area contributed by atoms with Crippen molar-refractivity contribution in [3.05, 3.63) is 94.0 Å². The van der Waals surface area contributed by atoms with E-state index in [1.807, 2.05) is 4.90 Å². The van der Waals surface area contributed by atoms with Crippen molar-refractivity contribution in [3.63, 3.8) is 0 Å². The maximum Gasteiger partial charge on any atom is 0.231 e. The third-order valence-electron chi connectivity index (χ3n) is 7.71. The van der Waals surface area contributed by atoms with Gasteiger partial charge in [0.25, 0.3) is 0 Å². The summed E-state index contributed by atoms with van der Waals surface area (Å²) in [6.45, 7) is 5.84. The second-order valence-corrected chi connectivity index (χ2v) is 10.2. The Morgan fingerprint density at radius 2 is 1.94 bits per heavy atom. The molecule has 0 aromatic heterocycles. The van der Waals surface area contributed by atoms with Gasteiger partial charge < -0.3 is 15.0 Å². The highest BCUT2D eigenvalue weighted by Gasteiger charge is 2.41. The Balaban J connectivity index is 1.26. The molecular formula is C30H32N2O2. The Bertz CT molecular complexity index is 1250. The minimum absolute atomic E-state index is 0.0792. The quantitative estimate of drug-likeness (QED) is 0.524. The zero-order valence-corrected chi connectivity index (χ0v) is 20.0. The average molecular weight is 453 g/mol. The standard InChI is InChI=1S/C30H32N2O2/c1-19-5-3-6-23(16-19)29-24-12-14-34-30(24)25-17-21(9-10-26(25)31-29)18-28(33)32-13-4-7-22-15-20(2)8-11-27(22)32/h3,5-6,8-11,15-17,24,29-31H,4,7,12-14,18H2,1-2H3. The molecular weight excluding hydrogens is 420 g/mol. The van der Waals surface area contributed by atoms with Crippen LogP contribution in [0.4, 0.5) is 11.4 Å². The summed E-state index contributed by atoms with van der Waals surface area (Å²) in [5, 5.41) is 3.80. The second-order valence-electron chi connectivity index (χ2n) is 10.2. The molecule has 1 N–H and O–H groups in total. The first-order valence-corrected chi connectivity index (χ1v) is 12.5. The zero-order valence-electron chi connectivity index (χ0n) is 20.0. The molecule has 34 heavy (non-hydrogen) atoms. The van der Waals surface area contributed by atoms with Gasteiger partial charge in [-0.15, -0.1) is 0 Å². The number of anilines is 2. The highest BCUT2D eigenvalue weighted by Crippen LogP contribution is 2.50. The summed E-state index contributed by atoms with van der Waals surface area (Å²) in [4.78, 5) is 15.3. The van der Waals surface area contributed by atoms with Crippen LogP contribution >= 0.6 is 0 Å². The monoisotopic (exact) mass is 452 g/mol. The van der Waals surface area contributed by atoms with Crippen molar-refractivity contribution in [2.24, 2.45) is 5.92 Å². The van der Waals surface area contributed by atoms with E-state index in [0.717, 1.165) is 49.4 Å². The highest BCUT2D eigenvalue weighted by atomic mass is 16.5. The van der Waals surface area contributed by atoms with Gasteiger partial charge in [0.15, 0.2) is 0 Å². The fourth-order valence-electron chi connectivity index (χ4n) is 6.08. The molecule has 3 heterocycles. The third-order valence-corrected chi connectivity index (χ3v) is 7.71. The molecule has 174 valence electrons. The molecule has 3 atom stereocenters. The van der Waals surface area contributed by atoms with Crippen molar-refractivity contribution in [1.29, 1.82) is 0 Å². The van der Waals surface area contributed by atoms with Gasteiger partial charge in [-0.25, -0.2) is 0 Å².